The zero-order chi connectivity index (χ0) is 13.7. The molecule has 1 aromatic rings. The number of ether oxygens (including phenoxy) is 2. The number of carbonyl (C=O) groups excluding carboxylic acids is 1. The SMILES string of the molecule is CCCC(CCC)C(=O)Cc1ccc2c(c1)OCO2. The molecule has 0 bridgehead atoms. The highest BCUT2D eigenvalue weighted by Gasteiger charge is 2.19. The number of fused-ring (bicyclic) bond motifs is 1. The number of carbonyl (C=O) groups is 1. The molecule has 1 aromatic carbocycles. The maximum Gasteiger partial charge on any atom is 0.231 e. The molecule has 0 fully saturated rings. The quantitative estimate of drug-likeness (QED) is 0.751. The van der Waals surface area contributed by atoms with Crippen molar-refractivity contribution in [2.24, 2.45) is 5.92 Å². The molecule has 0 spiro atoms. The largest absolute Gasteiger partial charge is 0.454 e. The maximum atomic E-state index is 12.3. The number of hydrogen-bond acceptors (Lipinski definition) is 3. The van der Waals surface area contributed by atoms with Crippen LogP contribution in [0.1, 0.15) is 45.1 Å². The van der Waals surface area contributed by atoms with Crippen LogP contribution in [0.4, 0.5) is 0 Å². The molecule has 1 aliphatic rings. The summed E-state index contributed by atoms with van der Waals surface area (Å²) in [5.41, 5.74) is 1.02. The molecule has 0 aromatic heterocycles. The molecule has 0 saturated carbocycles. The minimum Gasteiger partial charge on any atom is -0.454 e. The molecular formula is C16H22O3. The number of ketones is 1. The second-order valence-corrected chi connectivity index (χ2v) is 5.10. The summed E-state index contributed by atoms with van der Waals surface area (Å²) in [5.74, 6) is 2.09. The fraction of sp³-hybridized carbons (Fsp3) is 0.562. The Balaban J connectivity index is 2.01. The summed E-state index contributed by atoms with van der Waals surface area (Å²) in [6.07, 6.45) is 4.63. The lowest BCUT2D eigenvalue weighted by molar-refractivity contribution is -0.122. The smallest absolute Gasteiger partial charge is 0.231 e. The Hall–Kier alpha value is -1.51. The summed E-state index contributed by atoms with van der Waals surface area (Å²) in [7, 11) is 0. The first-order valence-electron chi connectivity index (χ1n) is 7.15. The van der Waals surface area contributed by atoms with Gasteiger partial charge in [-0.3, -0.25) is 4.79 Å². The monoisotopic (exact) mass is 262 g/mol. The van der Waals surface area contributed by atoms with Crippen LogP contribution in [-0.4, -0.2) is 12.6 Å². The maximum absolute atomic E-state index is 12.3. The lowest BCUT2D eigenvalue weighted by Crippen LogP contribution is -2.16. The molecule has 0 saturated heterocycles. The Kier molecular flexibility index (Phi) is 4.83. The Morgan fingerprint density at radius 2 is 1.84 bits per heavy atom. The van der Waals surface area contributed by atoms with Crippen molar-refractivity contribution in [3.05, 3.63) is 23.8 Å². The van der Waals surface area contributed by atoms with Crippen LogP contribution in [-0.2, 0) is 11.2 Å². The molecule has 3 heteroatoms. The van der Waals surface area contributed by atoms with Crippen molar-refractivity contribution >= 4 is 5.78 Å². The highest BCUT2D eigenvalue weighted by Crippen LogP contribution is 2.33. The molecule has 1 heterocycles. The summed E-state index contributed by atoms with van der Waals surface area (Å²) in [5, 5.41) is 0. The molecule has 0 amide bonds. The molecular weight excluding hydrogens is 240 g/mol. The van der Waals surface area contributed by atoms with E-state index in [4.69, 9.17) is 9.47 Å². The van der Waals surface area contributed by atoms with Crippen molar-refractivity contribution in [2.75, 3.05) is 6.79 Å². The third kappa shape index (κ3) is 3.49. The fourth-order valence-corrected chi connectivity index (χ4v) is 2.56. The van der Waals surface area contributed by atoms with Crippen LogP contribution in [0, 0.1) is 5.92 Å². The van der Waals surface area contributed by atoms with Gasteiger partial charge in [0.05, 0.1) is 0 Å². The molecule has 0 unspecified atom stereocenters. The highest BCUT2D eigenvalue weighted by molar-refractivity contribution is 5.83. The van der Waals surface area contributed by atoms with E-state index in [1.807, 2.05) is 18.2 Å². The molecule has 2 rings (SSSR count). The standard InChI is InChI=1S/C16H22O3/c1-3-5-13(6-4-2)14(17)9-12-7-8-15-16(10-12)19-11-18-15/h7-8,10,13H,3-6,9,11H2,1-2H3. The van der Waals surface area contributed by atoms with Crippen LogP contribution in [0.3, 0.4) is 0 Å². The first kappa shape index (κ1) is 13.9. The normalized spacial score (nSPS) is 13.0. The van der Waals surface area contributed by atoms with Crippen molar-refractivity contribution in [3.8, 4) is 11.5 Å². The van der Waals surface area contributed by atoms with Gasteiger partial charge in [0.15, 0.2) is 11.5 Å². The van der Waals surface area contributed by atoms with Gasteiger partial charge in [0.1, 0.15) is 5.78 Å². The molecule has 0 N–H and O–H groups in total. The number of rotatable bonds is 7. The van der Waals surface area contributed by atoms with Crippen molar-refractivity contribution in [2.45, 2.75) is 46.0 Å². The summed E-state index contributed by atoms with van der Waals surface area (Å²) < 4.78 is 10.6. The van der Waals surface area contributed by atoms with Crippen LogP contribution in [0.5, 0.6) is 11.5 Å². The van der Waals surface area contributed by atoms with Gasteiger partial charge in [-0.15, -0.1) is 0 Å². The molecule has 1 aliphatic heterocycles. The van der Waals surface area contributed by atoms with Crippen LogP contribution < -0.4 is 9.47 Å². The Morgan fingerprint density at radius 1 is 1.16 bits per heavy atom. The van der Waals surface area contributed by atoms with E-state index in [2.05, 4.69) is 13.8 Å². The molecule has 0 atom stereocenters. The van der Waals surface area contributed by atoms with Crippen LogP contribution in [0.2, 0.25) is 0 Å². The van der Waals surface area contributed by atoms with E-state index in [0.29, 0.717) is 12.2 Å². The average Bonchev–Trinajstić information content (AvgIpc) is 2.86. The Labute approximate surface area is 114 Å². The van der Waals surface area contributed by atoms with Crippen LogP contribution in [0.15, 0.2) is 18.2 Å². The van der Waals surface area contributed by atoms with Gasteiger partial charge < -0.3 is 9.47 Å². The van der Waals surface area contributed by atoms with E-state index in [0.717, 1.165) is 42.7 Å². The van der Waals surface area contributed by atoms with Gasteiger partial charge in [-0.1, -0.05) is 32.8 Å². The van der Waals surface area contributed by atoms with Gasteiger partial charge in [0.25, 0.3) is 0 Å². The van der Waals surface area contributed by atoms with Gasteiger partial charge in [-0.25, -0.2) is 0 Å². The minimum absolute atomic E-state index is 0.209. The molecule has 0 radical (unpaired) electrons. The number of benzene rings is 1. The van der Waals surface area contributed by atoms with E-state index in [1.54, 1.807) is 0 Å². The molecule has 19 heavy (non-hydrogen) atoms. The third-order valence-electron chi connectivity index (χ3n) is 3.54. The zero-order valence-electron chi connectivity index (χ0n) is 11.8. The van der Waals surface area contributed by atoms with E-state index in [9.17, 15) is 4.79 Å². The van der Waals surface area contributed by atoms with Gasteiger partial charge >= 0.3 is 0 Å². The summed E-state index contributed by atoms with van der Waals surface area (Å²) >= 11 is 0. The first-order valence-corrected chi connectivity index (χ1v) is 7.15. The van der Waals surface area contributed by atoms with Crippen molar-refractivity contribution in [1.82, 2.24) is 0 Å². The average molecular weight is 262 g/mol. The minimum atomic E-state index is 0.209. The summed E-state index contributed by atoms with van der Waals surface area (Å²) in [4.78, 5) is 12.3. The zero-order valence-corrected chi connectivity index (χ0v) is 11.8. The van der Waals surface area contributed by atoms with E-state index in [1.165, 1.54) is 0 Å². The van der Waals surface area contributed by atoms with Crippen LogP contribution in [0.25, 0.3) is 0 Å². The van der Waals surface area contributed by atoms with Crippen LogP contribution >= 0.6 is 0 Å². The second kappa shape index (κ2) is 6.60. The fourth-order valence-electron chi connectivity index (χ4n) is 2.56. The predicted molar refractivity (Wildman–Crippen MR) is 74.6 cm³/mol. The van der Waals surface area contributed by atoms with Crippen molar-refractivity contribution in [3.63, 3.8) is 0 Å². The lowest BCUT2D eigenvalue weighted by Gasteiger charge is -2.14. The third-order valence-corrected chi connectivity index (χ3v) is 3.54. The molecule has 0 aliphatic carbocycles. The van der Waals surface area contributed by atoms with Gasteiger partial charge in [-0.2, -0.15) is 0 Å². The van der Waals surface area contributed by atoms with Gasteiger partial charge in [-0.05, 0) is 30.5 Å². The second-order valence-electron chi connectivity index (χ2n) is 5.10. The van der Waals surface area contributed by atoms with E-state index in [-0.39, 0.29) is 12.7 Å². The lowest BCUT2D eigenvalue weighted by atomic mass is 9.90. The van der Waals surface area contributed by atoms with E-state index < -0.39 is 0 Å². The van der Waals surface area contributed by atoms with Gasteiger partial charge in [0.2, 0.25) is 6.79 Å². The van der Waals surface area contributed by atoms with Crippen molar-refractivity contribution in [1.29, 1.82) is 0 Å². The van der Waals surface area contributed by atoms with E-state index >= 15 is 0 Å². The number of hydrogen-bond donors (Lipinski definition) is 0. The number of Topliss-reactive ketones (excluding diaryl/α,β-unsaturated/α-hetero) is 1. The molecule has 104 valence electrons. The van der Waals surface area contributed by atoms with Crippen molar-refractivity contribution < 1.29 is 14.3 Å². The highest BCUT2D eigenvalue weighted by atomic mass is 16.7. The predicted octanol–water partition coefficient (Wildman–Crippen LogP) is 3.74. The summed E-state index contributed by atoms with van der Waals surface area (Å²) in [6, 6.07) is 5.77. The Morgan fingerprint density at radius 3 is 2.53 bits per heavy atom. The Bertz CT molecular complexity index is 434. The first-order chi connectivity index (χ1) is 9.24. The molecule has 3 nitrogen and oxygen atoms in total. The topological polar surface area (TPSA) is 35.5 Å². The summed E-state index contributed by atoms with van der Waals surface area (Å²) in [6.45, 7) is 4.55. The van der Waals surface area contributed by atoms with Gasteiger partial charge in [0, 0.05) is 12.3 Å².